The maximum absolute atomic E-state index is 12.1. The Morgan fingerprint density at radius 1 is 1.04 bits per heavy atom. The van der Waals surface area contributed by atoms with Gasteiger partial charge in [-0.2, -0.15) is 0 Å². The molecule has 0 saturated heterocycles. The number of rotatable bonds is 7. The van der Waals surface area contributed by atoms with E-state index in [0.717, 1.165) is 23.1 Å². The van der Waals surface area contributed by atoms with Crippen molar-refractivity contribution in [2.45, 2.75) is 17.7 Å². The Morgan fingerprint density at radius 2 is 1.68 bits per heavy atom. The van der Waals surface area contributed by atoms with Gasteiger partial charge in [0.1, 0.15) is 5.75 Å². The molecular formula is C19H19N3O5S. The lowest BCUT2D eigenvalue weighted by atomic mass is 10.1. The third-order valence-electron chi connectivity index (χ3n) is 3.94. The first-order chi connectivity index (χ1) is 13.3. The highest BCUT2D eigenvalue weighted by Crippen LogP contribution is 2.16. The molecule has 2 aromatic carbocycles. The summed E-state index contributed by atoms with van der Waals surface area (Å²) in [6.45, 7) is 0. The molecule has 0 aliphatic heterocycles. The number of hydrogen-bond acceptors (Lipinski definition) is 7. The molecule has 1 aromatic heterocycles. The van der Waals surface area contributed by atoms with Crippen molar-refractivity contribution in [2.24, 2.45) is 0 Å². The predicted molar refractivity (Wildman–Crippen MR) is 102 cm³/mol. The van der Waals surface area contributed by atoms with Gasteiger partial charge in [0.15, 0.2) is 9.84 Å². The molecule has 0 saturated carbocycles. The lowest BCUT2D eigenvalue weighted by Gasteiger charge is -2.03. The lowest BCUT2D eigenvalue weighted by molar-refractivity contribution is -0.115. The van der Waals surface area contributed by atoms with Crippen molar-refractivity contribution < 1.29 is 22.4 Å². The predicted octanol–water partition coefficient (Wildman–Crippen LogP) is 2.25. The van der Waals surface area contributed by atoms with Crippen molar-refractivity contribution in [1.82, 2.24) is 10.2 Å². The van der Waals surface area contributed by atoms with Crippen LogP contribution in [0.3, 0.4) is 0 Å². The number of anilines is 1. The van der Waals surface area contributed by atoms with E-state index in [2.05, 4.69) is 15.5 Å². The molecule has 146 valence electrons. The smallest absolute Gasteiger partial charge is 0.322 e. The van der Waals surface area contributed by atoms with E-state index >= 15 is 0 Å². The van der Waals surface area contributed by atoms with Gasteiger partial charge in [-0.05, 0) is 35.4 Å². The van der Waals surface area contributed by atoms with Gasteiger partial charge in [0, 0.05) is 6.26 Å². The second kappa shape index (κ2) is 8.22. The summed E-state index contributed by atoms with van der Waals surface area (Å²) >= 11 is 0. The van der Waals surface area contributed by atoms with E-state index in [1.807, 2.05) is 0 Å². The quantitative estimate of drug-likeness (QED) is 0.646. The Labute approximate surface area is 162 Å². The molecule has 0 aliphatic rings. The van der Waals surface area contributed by atoms with Crippen LogP contribution in [-0.2, 0) is 27.5 Å². The van der Waals surface area contributed by atoms with E-state index in [-0.39, 0.29) is 23.2 Å². The summed E-state index contributed by atoms with van der Waals surface area (Å²) < 4.78 is 33.5. The summed E-state index contributed by atoms with van der Waals surface area (Å²) in [6, 6.07) is 13.6. The van der Waals surface area contributed by atoms with Crippen molar-refractivity contribution in [3.63, 3.8) is 0 Å². The van der Waals surface area contributed by atoms with Crippen LogP contribution in [0.1, 0.15) is 17.0 Å². The summed E-state index contributed by atoms with van der Waals surface area (Å²) in [5, 5.41) is 10.3. The number of benzene rings is 2. The number of ether oxygens (including phenoxy) is 1. The van der Waals surface area contributed by atoms with Gasteiger partial charge < -0.3 is 9.15 Å². The van der Waals surface area contributed by atoms with Gasteiger partial charge in [-0.15, -0.1) is 5.10 Å². The monoisotopic (exact) mass is 401 g/mol. The Bertz CT molecular complexity index is 1060. The molecule has 0 spiro atoms. The van der Waals surface area contributed by atoms with Gasteiger partial charge in [0.25, 0.3) is 0 Å². The molecule has 1 N–H and O–H groups in total. The van der Waals surface area contributed by atoms with Crippen LogP contribution in [-0.4, -0.2) is 37.9 Å². The van der Waals surface area contributed by atoms with Gasteiger partial charge in [-0.1, -0.05) is 29.4 Å². The topological polar surface area (TPSA) is 111 Å². The van der Waals surface area contributed by atoms with E-state index < -0.39 is 9.84 Å². The number of nitrogens with zero attached hydrogens (tertiary/aromatic N) is 2. The summed E-state index contributed by atoms with van der Waals surface area (Å²) in [4.78, 5) is 12.4. The Hall–Kier alpha value is -3.20. The molecule has 0 fully saturated rings. The zero-order valence-corrected chi connectivity index (χ0v) is 16.2. The first kappa shape index (κ1) is 19.6. The molecule has 0 atom stereocenters. The number of amides is 1. The third-order valence-corrected chi connectivity index (χ3v) is 5.07. The maximum Gasteiger partial charge on any atom is 0.322 e. The molecule has 0 unspecified atom stereocenters. The molecular weight excluding hydrogens is 382 g/mol. The van der Waals surface area contributed by atoms with Crippen LogP contribution in [0.25, 0.3) is 0 Å². The van der Waals surface area contributed by atoms with Crippen molar-refractivity contribution >= 4 is 21.8 Å². The highest BCUT2D eigenvalue weighted by Gasteiger charge is 2.12. The van der Waals surface area contributed by atoms with Gasteiger partial charge >= 0.3 is 6.01 Å². The molecule has 1 heterocycles. The first-order valence-corrected chi connectivity index (χ1v) is 10.3. The van der Waals surface area contributed by atoms with Crippen LogP contribution < -0.4 is 10.1 Å². The third kappa shape index (κ3) is 5.17. The highest BCUT2D eigenvalue weighted by molar-refractivity contribution is 7.90. The number of methoxy groups -OCH3 is 1. The fourth-order valence-electron chi connectivity index (χ4n) is 2.50. The normalized spacial score (nSPS) is 11.2. The van der Waals surface area contributed by atoms with Crippen LogP contribution in [0.4, 0.5) is 6.01 Å². The van der Waals surface area contributed by atoms with Crippen LogP contribution in [0.5, 0.6) is 5.75 Å². The van der Waals surface area contributed by atoms with Crippen LogP contribution in [0, 0.1) is 0 Å². The molecule has 28 heavy (non-hydrogen) atoms. The first-order valence-electron chi connectivity index (χ1n) is 8.37. The van der Waals surface area contributed by atoms with Crippen molar-refractivity contribution in [3.05, 3.63) is 65.5 Å². The van der Waals surface area contributed by atoms with E-state index in [0.29, 0.717) is 12.3 Å². The van der Waals surface area contributed by atoms with Gasteiger partial charge in [0.05, 0.1) is 24.8 Å². The fourth-order valence-corrected chi connectivity index (χ4v) is 3.13. The van der Waals surface area contributed by atoms with Crippen molar-refractivity contribution in [3.8, 4) is 5.75 Å². The molecule has 0 bridgehead atoms. The molecule has 9 heteroatoms. The Morgan fingerprint density at radius 3 is 2.29 bits per heavy atom. The number of carbonyl (C=O) groups excluding carboxylic acids is 1. The number of hydrogen-bond donors (Lipinski definition) is 1. The summed E-state index contributed by atoms with van der Waals surface area (Å²) in [5.74, 6) is 0.750. The highest BCUT2D eigenvalue weighted by atomic mass is 32.2. The minimum absolute atomic E-state index is 0.0151. The molecule has 0 aliphatic carbocycles. The average molecular weight is 401 g/mol. The number of carbonyl (C=O) groups is 1. The van der Waals surface area contributed by atoms with Gasteiger partial charge in [-0.3, -0.25) is 10.1 Å². The summed E-state index contributed by atoms with van der Waals surface area (Å²) in [5.41, 5.74) is 1.64. The number of nitrogens with one attached hydrogen (secondary N) is 1. The lowest BCUT2D eigenvalue weighted by Crippen LogP contribution is -2.14. The van der Waals surface area contributed by atoms with E-state index in [1.165, 1.54) is 12.1 Å². The second-order valence-corrected chi connectivity index (χ2v) is 8.18. The van der Waals surface area contributed by atoms with E-state index in [1.54, 1.807) is 43.5 Å². The van der Waals surface area contributed by atoms with Crippen LogP contribution in [0.2, 0.25) is 0 Å². The summed E-state index contributed by atoms with van der Waals surface area (Å²) in [6.07, 6.45) is 1.64. The van der Waals surface area contributed by atoms with Gasteiger partial charge in [0.2, 0.25) is 11.8 Å². The molecule has 1 amide bonds. The van der Waals surface area contributed by atoms with Crippen molar-refractivity contribution in [1.29, 1.82) is 0 Å². The van der Waals surface area contributed by atoms with Crippen LogP contribution >= 0.6 is 0 Å². The number of aromatic nitrogens is 2. The van der Waals surface area contributed by atoms with Crippen molar-refractivity contribution in [2.75, 3.05) is 18.7 Å². The average Bonchev–Trinajstić information content (AvgIpc) is 3.08. The minimum Gasteiger partial charge on any atom is -0.497 e. The molecule has 3 rings (SSSR count). The standard InChI is InChI=1S/C19H19N3O5S/c1-26-15-7-3-13(4-8-15)11-17(23)20-19-22-21-18(27-19)12-14-5-9-16(10-6-14)28(2,24)25/h3-10H,11-12H2,1-2H3,(H,20,22,23). The van der Waals surface area contributed by atoms with E-state index in [4.69, 9.17) is 9.15 Å². The molecule has 0 radical (unpaired) electrons. The fraction of sp³-hybridized carbons (Fsp3) is 0.211. The zero-order chi connectivity index (χ0) is 20.1. The molecule has 8 nitrogen and oxygen atoms in total. The SMILES string of the molecule is COc1ccc(CC(=O)Nc2nnc(Cc3ccc(S(C)(=O)=O)cc3)o2)cc1. The second-order valence-electron chi connectivity index (χ2n) is 6.17. The Balaban J connectivity index is 1.58. The molecule has 3 aromatic rings. The minimum atomic E-state index is -3.24. The maximum atomic E-state index is 12.1. The number of sulfone groups is 1. The van der Waals surface area contributed by atoms with Crippen LogP contribution in [0.15, 0.2) is 57.8 Å². The largest absolute Gasteiger partial charge is 0.497 e. The Kier molecular flexibility index (Phi) is 5.74. The zero-order valence-electron chi connectivity index (χ0n) is 15.4. The van der Waals surface area contributed by atoms with E-state index in [9.17, 15) is 13.2 Å². The van der Waals surface area contributed by atoms with Gasteiger partial charge in [-0.25, -0.2) is 8.42 Å². The summed E-state index contributed by atoms with van der Waals surface area (Å²) in [7, 11) is -1.66.